The maximum Gasteiger partial charge on any atom is 0.225 e. The zero-order valence-corrected chi connectivity index (χ0v) is 16.8. The van der Waals surface area contributed by atoms with Gasteiger partial charge < -0.3 is 20.3 Å². The van der Waals surface area contributed by atoms with E-state index in [2.05, 4.69) is 27.8 Å². The number of hydrogen-bond acceptors (Lipinski definition) is 3. The van der Waals surface area contributed by atoms with Crippen molar-refractivity contribution < 1.29 is 9.53 Å². The summed E-state index contributed by atoms with van der Waals surface area (Å²) in [6.45, 7) is 4.37. The highest BCUT2D eigenvalue weighted by atomic mass is 16.5. The van der Waals surface area contributed by atoms with Gasteiger partial charge in [0, 0.05) is 38.6 Å². The van der Waals surface area contributed by atoms with Gasteiger partial charge in [0.05, 0.1) is 7.11 Å². The summed E-state index contributed by atoms with van der Waals surface area (Å²) in [4.78, 5) is 19.0. The van der Waals surface area contributed by atoms with Gasteiger partial charge in [0.1, 0.15) is 5.75 Å². The SMILES string of the molecule is CN=C(NCc1ccc(OC)c(C)c1)NC1CCN(C(=O)C2CCCC2)C1. The van der Waals surface area contributed by atoms with Crippen molar-refractivity contribution in [3.8, 4) is 5.75 Å². The second kappa shape index (κ2) is 9.11. The number of aliphatic imine (C=N–C) groups is 1. The number of benzene rings is 1. The average molecular weight is 373 g/mol. The number of methoxy groups -OCH3 is 1. The summed E-state index contributed by atoms with van der Waals surface area (Å²) in [7, 11) is 3.47. The van der Waals surface area contributed by atoms with Crippen LogP contribution in [-0.2, 0) is 11.3 Å². The third kappa shape index (κ3) is 4.93. The van der Waals surface area contributed by atoms with Gasteiger partial charge in [-0.25, -0.2) is 0 Å². The van der Waals surface area contributed by atoms with Crippen LogP contribution in [0.3, 0.4) is 0 Å². The monoisotopic (exact) mass is 372 g/mol. The Kier molecular flexibility index (Phi) is 6.58. The molecule has 1 amide bonds. The normalized spacial score (nSPS) is 20.8. The molecule has 1 heterocycles. The first-order chi connectivity index (χ1) is 13.1. The van der Waals surface area contributed by atoms with E-state index in [1.807, 2.05) is 17.9 Å². The smallest absolute Gasteiger partial charge is 0.225 e. The Morgan fingerprint density at radius 2 is 2.07 bits per heavy atom. The van der Waals surface area contributed by atoms with Crippen LogP contribution < -0.4 is 15.4 Å². The highest BCUT2D eigenvalue weighted by molar-refractivity contribution is 5.81. The molecule has 1 aliphatic carbocycles. The minimum atomic E-state index is 0.263. The molecule has 0 spiro atoms. The number of nitrogens with zero attached hydrogens (tertiary/aromatic N) is 2. The molecule has 2 aliphatic rings. The number of hydrogen-bond donors (Lipinski definition) is 2. The van der Waals surface area contributed by atoms with Crippen LogP contribution in [0, 0.1) is 12.8 Å². The third-order valence-corrected chi connectivity index (χ3v) is 5.69. The first-order valence-corrected chi connectivity index (χ1v) is 10.00. The topological polar surface area (TPSA) is 66.0 Å². The Bertz CT molecular complexity index is 683. The number of nitrogens with one attached hydrogen (secondary N) is 2. The molecule has 3 rings (SSSR count). The summed E-state index contributed by atoms with van der Waals surface area (Å²) in [5.74, 6) is 2.30. The number of aryl methyl sites for hydroxylation is 1. The number of carbonyl (C=O) groups is 1. The van der Waals surface area contributed by atoms with Crippen LogP contribution in [-0.4, -0.2) is 50.1 Å². The number of carbonyl (C=O) groups excluding carboxylic acids is 1. The predicted octanol–water partition coefficient (Wildman–Crippen LogP) is 2.46. The summed E-state index contributed by atoms with van der Waals surface area (Å²) < 4.78 is 5.31. The Morgan fingerprint density at radius 1 is 1.30 bits per heavy atom. The van der Waals surface area contributed by atoms with Crippen molar-refractivity contribution in [2.75, 3.05) is 27.2 Å². The summed E-state index contributed by atoms with van der Waals surface area (Å²) in [6.07, 6.45) is 5.51. The van der Waals surface area contributed by atoms with Crippen LogP contribution in [0.25, 0.3) is 0 Å². The van der Waals surface area contributed by atoms with E-state index in [9.17, 15) is 4.79 Å². The van der Waals surface area contributed by atoms with Crippen LogP contribution in [0.15, 0.2) is 23.2 Å². The number of guanidine groups is 1. The standard InChI is InChI=1S/C21H32N4O2/c1-15-12-16(8-9-19(15)27-3)13-23-21(22-2)24-18-10-11-25(14-18)20(26)17-6-4-5-7-17/h8-9,12,17-18H,4-7,10-11,13-14H2,1-3H3,(H2,22,23,24). The van der Waals surface area contributed by atoms with Crippen LogP contribution in [0.1, 0.15) is 43.2 Å². The van der Waals surface area contributed by atoms with Crippen LogP contribution in [0.4, 0.5) is 0 Å². The van der Waals surface area contributed by atoms with Crippen molar-refractivity contribution in [2.45, 2.75) is 51.6 Å². The molecule has 1 unspecified atom stereocenters. The van der Waals surface area contributed by atoms with Gasteiger partial charge >= 0.3 is 0 Å². The largest absolute Gasteiger partial charge is 0.496 e. The van der Waals surface area contributed by atoms with Gasteiger partial charge in [0.25, 0.3) is 0 Å². The van der Waals surface area contributed by atoms with Crippen molar-refractivity contribution in [2.24, 2.45) is 10.9 Å². The lowest BCUT2D eigenvalue weighted by Gasteiger charge is -2.21. The lowest BCUT2D eigenvalue weighted by Crippen LogP contribution is -2.45. The first kappa shape index (κ1) is 19.5. The summed E-state index contributed by atoms with van der Waals surface area (Å²) in [5, 5.41) is 6.84. The molecule has 1 atom stereocenters. The van der Waals surface area contributed by atoms with E-state index in [0.717, 1.165) is 49.6 Å². The maximum absolute atomic E-state index is 12.6. The van der Waals surface area contributed by atoms with E-state index in [1.165, 1.54) is 18.4 Å². The molecule has 1 aromatic carbocycles. The molecule has 1 aromatic rings. The molecule has 0 radical (unpaired) electrons. The maximum atomic E-state index is 12.6. The van der Waals surface area contributed by atoms with E-state index in [1.54, 1.807) is 14.2 Å². The van der Waals surface area contributed by atoms with E-state index >= 15 is 0 Å². The molecule has 2 fully saturated rings. The Hall–Kier alpha value is -2.24. The zero-order chi connectivity index (χ0) is 19.2. The molecule has 2 N–H and O–H groups in total. The van der Waals surface area contributed by atoms with Gasteiger partial charge in [0.2, 0.25) is 5.91 Å². The minimum absolute atomic E-state index is 0.263. The van der Waals surface area contributed by atoms with E-state index in [0.29, 0.717) is 12.5 Å². The molecule has 27 heavy (non-hydrogen) atoms. The zero-order valence-electron chi connectivity index (χ0n) is 16.8. The quantitative estimate of drug-likeness (QED) is 0.616. The van der Waals surface area contributed by atoms with Gasteiger partial charge in [0.15, 0.2) is 5.96 Å². The second-order valence-corrected chi connectivity index (χ2v) is 7.63. The van der Waals surface area contributed by atoms with Crippen molar-refractivity contribution in [3.05, 3.63) is 29.3 Å². The van der Waals surface area contributed by atoms with Crippen molar-refractivity contribution in [1.82, 2.24) is 15.5 Å². The van der Waals surface area contributed by atoms with E-state index in [4.69, 9.17) is 4.74 Å². The molecular formula is C21H32N4O2. The van der Waals surface area contributed by atoms with E-state index in [-0.39, 0.29) is 12.0 Å². The van der Waals surface area contributed by atoms with Crippen LogP contribution >= 0.6 is 0 Å². The van der Waals surface area contributed by atoms with Crippen LogP contribution in [0.5, 0.6) is 5.75 Å². The Morgan fingerprint density at radius 3 is 2.74 bits per heavy atom. The fourth-order valence-electron chi connectivity index (χ4n) is 4.13. The lowest BCUT2D eigenvalue weighted by molar-refractivity contribution is -0.134. The fraction of sp³-hybridized carbons (Fsp3) is 0.619. The molecule has 6 nitrogen and oxygen atoms in total. The molecule has 0 aromatic heterocycles. The van der Waals surface area contributed by atoms with Gasteiger partial charge in [-0.3, -0.25) is 9.79 Å². The highest BCUT2D eigenvalue weighted by Gasteiger charge is 2.32. The molecule has 1 saturated heterocycles. The second-order valence-electron chi connectivity index (χ2n) is 7.63. The molecular weight excluding hydrogens is 340 g/mol. The Balaban J connectivity index is 1.48. The number of rotatable bonds is 5. The van der Waals surface area contributed by atoms with E-state index < -0.39 is 0 Å². The third-order valence-electron chi connectivity index (χ3n) is 5.69. The minimum Gasteiger partial charge on any atom is -0.496 e. The summed E-state index contributed by atoms with van der Waals surface area (Å²) >= 11 is 0. The molecule has 1 aliphatic heterocycles. The van der Waals surface area contributed by atoms with Gasteiger partial charge in [-0.15, -0.1) is 0 Å². The van der Waals surface area contributed by atoms with Crippen molar-refractivity contribution in [3.63, 3.8) is 0 Å². The Labute approximate surface area is 162 Å². The lowest BCUT2D eigenvalue weighted by atomic mass is 10.1. The molecule has 6 heteroatoms. The molecule has 1 saturated carbocycles. The van der Waals surface area contributed by atoms with Gasteiger partial charge in [-0.05, 0) is 43.4 Å². The first-order valence-electron chi connectivity index (χ1n) is 10.00. The van der Waals surface area contributed by atoms with Crippen molar-refractivity contribution in [1.29, 1.82) is 0 Å². The summed E-state index contributed by atoms with van der Waals surface area (Å²) in [6, 6.07) is 6.44. The number of amides is 1. The van der Waals surface area contributed by atoms with Crippen molar-refractivity contribution >= 4 is 11.9 Å². The average Bonchev–Trinajstić information content (AvgIpc) is 3.36. The predicted molar refractivity (Wildman–Crippen MR) is 108 cm³/mol. The highest BCUT2D eigenvalue weighted by Crippen LogP contribution is 2.27. The molecule has 148 valence electrons. The number of ether oxygens (including phenoxy) is 1. The van der Waals surface area contributed by atoms with Crippen LogP contribution in [0.2, 0.25) is 0 Å². The molecule has 0 bridgehead atoms. The fourth-order valence-corrected chi connectivity index (χ4v) is 4.13. The summed E-state index contributed by atoms with van der Waals surface area (Å²) in [5.41, 5.74) is 2.30. The van der Waals surface area contributed by atoms with Gasteiger partial charge in [-0.2, -0.15) is 0 Å². The van der Waals surface area contributed by atoms with Gasteiger partial charge in [-0.1, -0.05) is 25.0 Å². The number of likely N-dealkylation sites (tertiary alicyclic amines) is 1.